The number of nitrogens with zero attached hydrogens (tertiary/aromatic N) is 5. The molecule has 0 fully saturated rings. The summed E-state index contributed by atoms with van der Waals surface area (Å²) in [6.07, 6.45) is 0. The number of nitrogens with one attached hydrogen (secondary N) is 1. The molecule has 0 spiro atoms. The fourth-order valence-corrected chi connectivity index (χ4v) is 1.74. The highest BCUT2D eigenvalue weighted by Gasteiger charge is 2.20. The van der Waals surface area contributed by atoms with Crippen LogP contribution in [-0.4, -0.2) is 31.2 Å². The molecule has 0 aliphatic rings. The van der Waals surface area contributed by atoms with Crippen LogP contribution in [0.4, 0.5) is 11.5 Å². The summed E-state index contributed by atoms with van der Waals surface area (Å²) in [4.78, 5) is 19.0. The Morgan fingerprint density at radius 1 is 1.37 bits per heavy atom. The van der Waals surface area contributed by atoms with E-state index in [1.54, 1.807) is 19.9 Å². The van der Waals surface area contributed by atoms with Gasteiger partial charge in [-0.3, -0.25) is 10.1 Å². The van der Waals surface area contributed by atoms with E-state index < -0.39 is 4.92 Å². The van der Waals surface area contributed by atoms with E-state index in [9.17, 15) is 10.1 Å². The summed E-state index contributed by atoms with van der Waals surface area (Å²) >= 11 is 0. The summed E-state index contributed by atoms with van der Waals surface area (Å²) in [6.45, 7) is 6.06. The van der Waals surface area contributed by atoms with Crippen molar-refractivity contribution in [3.05, 3.63) is 33.9 Å². The van der Waals surface area contributed by atoms with Gasteiger partial charge in [0.2, 0.25) is 5.82 Å². The first-order chi connectivity index (χ1) is 9.02. The SMILES string of the molecule is CCNc1ccc([N+](=O)[O-])c(-n2nc(C)nc2C)n1. The van der Waals surface area contributed by atoms with Crippen LogP contribution in [0.1, 0.15) is 18.6 Å². The third-order valence-electron chi connectivity index (χ3n) is 2.48. The first-order valence-corrected chi connectivity index (χ1v) is 5.83. The first kappa shape index (κ1) is 12.9. The fourth-order valence-electron chi connectivity index (χ4n) is 1.74. The van der Waals surface area contributed by atoms with Crippen molar-refractivity contribution < 1.29 is 4.92 Å². The average Bonchev–Trinajstić information content (AvgIpc) is 2.68. The number of pyridine rings is 1. The molecule has 0 radical (unpaired) electrons. The minimum atomic E-state index is -0.478. The quantitative estimate of drug-likeness (QED) is 0.664. The van der Waals surface area contributed by atoms with Gasteiger partial charge in [0.15, 0.2) is 0 Å². The van der Waals surface area contributed by atoms with Gasteiger partial charge in [0, 0.05) is 12.6 Å². The number of aryl methyl sites for hydroxylation is 2. The van der Waals surface area contributed by atoms with Gasteiger partial charge >= 0.3 is 5.69 Å². The molecular formula is C11H14N6O2. The van der Waals surface area contributed by atoms with E-state index in [2.05, 4.69) is 20.4 Å². The Kier molecular flexibility index (Phi) is 3.41. The van der Waals surface area contributed by atoms with Gasteiger partial charge in [-0.25, -0.2) is 9.97 Å². The van der Waals surface area contributed by atoms with Gasteiger partial charge in [0.1, 0.15) is 17.5 Å². The molecule has 8 heteroatoms. The van der Waals surface area contributed by atoms with Crippen molar-refractivity contribution in [1.29, 1.82) is 0 Å². The third kappa shape index (κ3) is 2.51. The summed E-state index contributed by atoms with van der Waals surface area (Å²) in [5.41, 5.74) is -0.102. The summed E-state index contributed by atoms with van der Waals surface area (Å²) in [5, 5.41) is 18.2. The van der Waals surface area contributed by atoms with Gasteiger partial charge in [0.25, 0.3) is 0 Å². The molecule has 0 atom stereocenters. The van der Waals surface area contributed by atoms with E-state index in [0.29, 0.717) is 24.0 Å². The normalized spacial score (nSPS) is 10.5. The smallest absolute Gasteiger partial charge is 0.313 e. The summed E-state index contributed by atoms with van der Waals surface area (Å²) in [7, 11) is 0. The summed E-state index contributed by atoms with van der Waals surface area (Å²) < 4.78 is 1.38. The lowest BCUT2D eigenvalue weighted by Gasteiger charge is -2.07. The monoisotopic (exact) mass is 262 g/mol. The topological polar surface area (TPSA) is 98.8 Å². The van der Waals surface area contributed by atoms with Crippen molar-refractivity contribution in [2.75, 3.05) is 11.9 Å². The van der Waals surface area contributed by atoms with E-state index in [1.807, 2.05) is 6.92 Å². The minimum Gasteiger partial charge on any atom is -0.370 e. The average molecular weight is 262 g/mol. The Morgan fingerprint density at radius 2 is 2.11 bits per heavy atom. The van der Waals surface area contributed by atoms with Gasteiger partial charge in [-0.05, 0) is 26.8 Å². The summed E-state index contributed by atoms with van der Waals surface area (Å²) in [6, 6.07) is 2.99. The van der Waals surface area contributed by atoms with Crippen LogP contribution in [0.15, 0.2) is 12.1 Å². The lowest BCUT2D eigenvalue weighted by Crippen LogP contribution is -2.09. The molecule has 19 heavy (non-hydrogen) atoms. The third-order valence-corrected chi connectivity index (χ3v) is 2.48. The van der Waals surface area contributed by atoms with E-state index in [1.165, 1.54) is 10.7 Å². The number of hydrogen-bond donors (Lipinski definition) is 1. The largest absolute Gasteiger partial charge is 0.370 e. The molecule has 0 unspecified atom stereocenters. The van der Waals surface area contributed by atoms with Gasteiger partial charge in [-0.1, -0.05) is 0 Å². The minimum absolute atomic E-state index is 0.102. The molecule has 0 saturated heterocycles. The molecule has 0 bridgehead atoms. The van der Waals surface area contributed by atoms with Crippen molar-refractivity contribution in [3.63, 3.8) is 0 Å². The second-order valence-electron chi connectivity index (χ2n) is 3.94. The Hall–Kier alpha value is -2.51. The molecule has 0 aromatic carbocycles. The van der Waals surface area contributed by atoms with E-state index in [0.717, 1.165) is 0 Å². The zero-order chi connectivity index (χ0) is 14.0. The Morgan fingerprint density at radius 3 is 2.63 bits per heavy atom. The zero-order valence-electron chi connectivity index (χ0n) is 10.9. The van der Waals surface area contributed by atoms with Crippen molar-refractivity contribution in [3.8, 4) is 5.82 Å². The fraction of sp³-hybridized carbons (Fsp3) is 0.364. The molecule has 0 aliphatic heterocycles. The predicted octanol–water partition coefficient (Wildman–Crippen LogP) is 1.62. The Labute approximate surface area is 109 Å². The van der Waals surface area contributed by atoms with Crippen LogP contribution in [0, 0.1) is 24.0 Å². The lowest BCUT2D eigenvalue weighted by molar-refractivity contribution is -0.384. The lowest BCUT2D eigenvalue weighted by atomic mass is 10.3. The predicted molar refractivity (Wildman–Crippen MR) is 69.4 cm³/mol. The van der Waals surface area contributed by atoms with Crippen LogP contribution >= 0.6 is 0 Å². The van der Waals surface area contributed by atoms with Crippen LogP contribution in [-0.2, 0) is 0 Å². The zero-order valence-corrected chi connectivity index (χ0v) is 10.9. The highest BCUT2D eigenvalue weighted by atomic mass is 16.6. The molecule has 2 rings (SSSR count). The first-order valence-electron chi connectivity index (χ1n) is 5.83. The number of nitro groups is 1. The molecule has 100 valence electrons. The number of anilines is 1. The second kappa shape index (κ2) is 5.01. The second-order valence-corrected chi connectivity index (χ2v) is 3.94. The maximum absolute atomic E-state index is 11.1. The van der Waals surface area contributed by atoms with E-state index >= 15 is 0 Å². The molecule has 0 amide bonds. The molecule has 2 aromatic heterocycles. The molecule has 0 aliphatic carbocycles. The molecular weight excluding hydrogens is 248 g/mol. The van der Waals surface area contributed by atoms with Crippen molar-refractivity contribution in [2.45, 2.75) is 20.8 Å². The number of rotatable bonds is 4. The molecule has 1 N–H and O–H groups in total. The van der Waals surface area contributed by atoms with Crippen molar-refractivity contribution in [2.24, 2.45) is 0 Å². The highest BCUT2D eigenvalue weighted by molar-refractivity contribution is 5.53. The maximum atomic E-state index is 11.1. The Balaban J connectivity index is 2.60. The molecule has 2 heterocycles. The van der Waals surface area contributed by atoms with Crippen molar-refractivity contribution >= 4 is 11.5 Å². The standard InChI is InChI=1S/C11H14N6O2/c1-4-12-10-6-5-9(17(18)19)11(14-10)16-8(3)13-7(2)15-16/h5-6H,4H2,1-3H3,(H,12,14). The molecule has 2 aromatic rings. The van der Waals surface area contributed by atoms with Crippen LogP contribution in [0.3, 0.4) is 0 Å². The maximum Gasteiger partial charge on any atom is 0.313 e. The summed E-state index contributed by atoms with van der Waals surface area (Å²) in [5.74, 6) is 1.83. The van der Waals surface area contributed by atoms with Crippen LogP contribution < -0.4 is 5.32 Å². The molecule has 8 nitrogen and oxygen atoms in total. The van der Waals surface area contributed by atoms with E-state index in [-0.39, 0.29) is 11.5 Å². The van der Waals surface area contributed by atoms with Gasteiger partial charge in [-0.2, -0.15) is 4.68 Å². The van der Waals surface area contributed by atoms with Gasteiger partial charge in [-0.15, -0.1) is 5.10 Å². The van der Waals surface area contributed by atoms with Gasteiger partial charge < -0.3 is 5.32 Å². The van der Waals surface area contributed by atoms with Gasteiger partial charge in [0.05, 0.1) is 4.92 Å². The van der Waals surface area contributed by atoms with Crippen LogP contribution in [0.25, 0.3) is 5.82 Å². The van der Waals surface area contributed by atoms with Crippen LogP contribution in [0.5, 0.6) is 0 Å². The van der Waals surface area contributed by atoms with Crippen LogP contribution in [0.2, 0.25) is 0 Å². The number of aromatic nitrogens is 4. The Bertz CT molecular complexity index is 622. The highest BCUT2D eigenvalue weighted by Crippen LogP contribution is 2.23. The van der Waals surface area contributed by atoms with E-state index in [4.69, 9.17) is 0 Å². The number of hydrogen-bond acceptors (Lipinski definition) is 6. The van der Waals surface area contributed by atoms with Crippen molar-refractivity contribution in [1.82, 2.24) is 19.7 Å². The molecule has 0 saturated carbocycles.